The van der Waals surface area contributed by atoms with Gasteiger partial charge in [0.25, 0.3) is 0 Å². The van der Waals surface area contributed by atoms with Gasteiger partial charge >= 0.3 is 0 Å². The minimum Gasteiger partial charge on any atom is -0.328 e. The summed E-state index contributed by atoms with van der Waals surface area (Å²) >= 11 is 1.56. The highest BCUT2D eigenvalue weighted by molar-refractivity contribution is 7.16. The van der Waals surface area contributed by atoms with Crippen molar-refractivity contribution in [3.8, 4) is 11.3 Å². The Morgan fingerprint density at radius 3 is 2.92 bits per heavy atom. The quantitative estimate of drug-likeness (QED) is 0.895. The molecule has 4 nitrogen and oxygen atoms in total. The summed E-state index contributed by atoms with van der Waals surface area (Å²) in [7, 11) is 0. The number of benzene rings is 1. The Morgan fingerprint density at radius 2 is 2.12 bits per heavy atom. The van der Waals surface area contributed by atoms with Crippen LogP contribution in [-0.4, -0.2) is 16.9 Å². The number of hydrogen-bond acceptors (Lipinski definition) is 4. The van der Waals surface area contributed by atoms with Crippen molar-refractivity contribution in [1.29, 1.82) is 0 Å². The SMILES string of the molecule is Cc1sc(NC(=O)C2CCC(N)C2)nc1-c1ccc2c(c1)CCC2. The van der Waals surface area contributed by atoms with E-state index in [1.807, 2.05) is 0 Å². The van der Waals surface area contributed by atoms with E-state index in [9.17, 15) is 4.79 Å². The van der Waals surface area contributed by atoms with E-state index in [-0.39, 0.29) is 17.9 Å². The molecule has 2 aliphatic carbocycles. The van der Waals surface area contributed by atoms with E-state index in [1.54, 1.807) is 11.3 Å². The number of thiazole rings is 1. The average molecular weight is 341 g/mol. The zero-order chi connectivity index (χ0) is 16.7. The number of rotatable bonds is 3. The minimum absolute atomic E-state index is 0.0349. The van der Waals surface area contributed by atoms with Crippen molar-refractivity contribution >= 4 is 22.4 Å². The lowest BCUT2D eigenvalue weighted by Gasteiger charge is -2.08. The number of amides is 1. The van der Waals surface area contributed by atoms with Gasteiger partial charge in [0.05, 0.1) is 5.69 Å². The molecule has 0 saturated heterocycles. The van der Waals surface area contributed by atoms with Crippen LogP contribution in [0.5, 0.6) is 0 Å². The molecule has 2 atom stereocenters. The van der Waals surface area contributed by atoms with Gasteiger partial charge in [-0.1, -0.05) is 12.1 Å². The maximum Gasteiger partial charge on any atom is 0.229 e. The van der Waals surface area contributed by atoms with Gasteiger partial charge in [-0.3, -0.25) is 4.79 Å². The van der Waals surface area contributed by atoms with Crippen LogP contribution in [0.3, 0.4) is 0 Å². The predicted molar refractivity (Wildman–Crippen MR) is 98.3 cm³/mol. The third-order valence-corrected chi connectivity index (χ3v) is 6.13. The summed E-state index contributed by atoms with van der Waals surface area (Å²) in [6, 6.07) is 6.83. The highest BCUT2D eigenvalue weighted by atomic mass is 32.1. The number of anilines is 1. The molecule has 2 unspecified atom stereocenters. The second-order valence-electron chi connectivity index (χ2n) is 7.02. The molecule has 0 spiro atoms. The molecule has 4 rings (SSSR count). The van der Waals surface area contributed by atoms with Gasteiger partial charge in [-0.25, -0.2) is 4.98 Å². The molecule has 2 aromatic rings. The number of aryl methyl sites for hydroxylation is 3. The van der Waals surface area contributed by atoms with Gasteiger partial charge in [0.2, 0.25) is 5.91 Å². The molecule has 1 amide bonds. The summed E-state index contributed by atoms with van der Waals surface area (Å²) in [6.07, 6.45) is 6.21. The fraction of sp³-hybridized carbons (Fsp3) is 0.474. The van der Waals surface area contributed by atoms with Crippen molar-refractivity contribution in [2.75, 3.05) is 5.32 Å². The molecule has 5 heteroatoms. The van der Waals surface area contributed by atoms with Gasteiger partial charge in [-0.15, -0.1) is 11.3 Å². The molecule has 2 aliphatic rings. The van der Waals surface area contributed by atoms with Crippen LogP contribution in [0.25, 0.3) is 11.3 Å². The molecule has 1 aromatic heterocycles. The van der Waals surface area contributed by atoms with Crippen molar-refractivity contribution in [3.05, 3.63) is 34.2 Å². The van der Waals surface area contributed by atoms with Crippen LogP contribution in [0, 0.1) is 12.8 Å². The Kier molecular flexibility index (Phi) is 4.14. The zero-order valence-electron chi connectivity index (χ0n) is 14.0. The Labute approximate surface area is 146 Å². The van der Waals surface area contributed by atoms with Crippen LogP contribution in [0.4, 0.5) is 5.13 Å². The van der Waals surface area contributed by atoms with Crippen molar-refractivity contribution < 1.29 is 4.79 Å². The fourth-order valence-corrected chi connectivity index (χ4v) is 4.74. The maximum atomic E-state index is 12.4. The zero-order valence-corrected chi connectivity index (χ0v) is 14.8. The van der Waals surface area contributed by atoms with Crippen LogP contribution in [0.1, 0.15) is 41.7 Å². The molecule has 0 bridgehead atoms. The van der Waals surface area contributed by atoms with Crippen LogP contribution in [-0.2, 0) is 17.6 Å². The monoisotopic (exact) mass is 341 g/mol. The van der Waals surface area contributed by atoms with Crippen LogP contribution >= 0.6 is 11.3 Å². The predicted octanol–water partition coefficient (Wildman–Crippen LogP) is 3.67. The second-order valence-corrected chi connectivity index (χ2v) is 8.22. The molecule has 0 aliphatic heterocycles. The van der Waals surface area contributed by atoms with Gasteiger partial charge in [0.1, 0.15) is 0 Å². The van der Waals surface area contributed by atoms with Crippen molar-refractivity contribution in [2.24, 2.45) is 11.7 Å². The summed E-state index contributed by atoms with van der Waals surface area (Å²) < 4.78 is 0. The first-order valence-electron chi connectivity index (χ1n) is 8.76. The average Bonchev–Trinajstić information content (AvgIpc) is 3.26. The van der Waals surface area contributed by atoms with Gasteiger partial charge in [0.15, 0.2) is 5.13 Å². The molecular formula is C19H23N3OS. The smallest absolute Gasteiger partial charge is 0.229 e. The third kappa shape index (κ3) is 2.98. The van der Waals surface area contributed by atoms with E-state index < -0.39 is 0 Å². The minimum atomic E-state index is 0.0349. The van der Waals surface area contributed by atoms with Gasteiger partial charge < -0.3 is 11.1 Å². The molecule has 1 aromatic carbocycles. The third-order valence-electron chi connectivity index (χ3n) is 5.24. The van der Waals surface area contributed by atoms with E-state index in [4.69, 9.17) is 10.7 Å². The molecular weight excluding hydrogens is 318 g/mol. The lowest BCUT2D eigenvalue weighted by atomic mass is 10.0. The number of aromatic nitrogens is 1. The summed E-state index contributed by atoms with van der Waals surface area (Å²) in [4.78, 5) is 18.2. The molecule has 3 N–H and O–H groups in total. The maximum absolute atomic E-state index is 12.4. The normalized spacial score (nSPS) is 22.6. The van der Waals surface area contributed by atoms with E-state index >= 15 is 0 Å². The number of carbonyl (C=O) groups excluding carboxylic acids is 1. The van der Waals surface area contributed by atoms with E-state index in [0.717, 1.165) is 41.8 Å². The number of carbonyl (C=O) groups is 1. The number of nitrogens with two attached hydrogens (primary N) is 1. The van der Waals surface area contributed by atoms with E-state index in [0.29, 0.717) is 5.13 Å². The first-order chi connectivity index (χ1) is 11.6. The Bertz CT molecular complexity index is 783. The molecule has 126 valence electrons. The van der Waals surface area contributed by atoms with E-state index in [2.05, 4.69) is 30.4 Å². The highest BCUT2D eigenvalue weighted by Crippen LogP contribution is 2.34. The fourth-order valence-electron chi connectivity index (χ4n) is 3.90. The molecule has 24 heavy (non-hydrogen) atoms. The highest BCUT2D eigenvalue weighted by Gasteiger charge is 2.28. The molecule has 1 saturated carbocycles. The lowest BCUT2D eigenvalue weighted by Crippen LogP contribution is -2.23. The largest absolute Gasteiger partial charge is 0.328 e. The first kappa shape index (κ1) is 15.8. The number of hydrogen-bond donors (Lipinski definition) is 2. The van der Waals surface area contributed by atoms with Crippen molar-refractivity contribution in [3.63, 3.8) is 0 Å². The number of nitrogens with zero attached hydrogens (tertiary/aromatic N) is 1. The summed E-state index contributed by atoms with van der Waals surface area (Å²) in [5.41, 5.74) is 11.0. The van der Waals surface area contributed by atoms with Gasteiger partial charge in [-0.2, -0.15) is 0 Å². The van der Waals surface area contributed by atoms with Crippen LogP contribution in [0.15, 0.2) is 18.2 Å². The van der Waals surface area contributed by atoms with Gasteiger partial charge in [0, 0.05) is 22.4 Å². The van der Waals surface area contributed by atoms with Crippen molar-refractivity contribution in [2.45, 2.75) is 51.5 Å². The second kappa shape index (κ2) is 6.30. The van der Waals surface area contributed by atoms with Crippen LogP contribution in [0.2, 0.25) is 0 Å². The summed E-state index contributed by atoms with van der Waals surface area (Å²) in [5.74, 6) is 0.102. The van der Waals surface area contributed by atoms with E-state index in [1.165, 1.54) is 24.0 Å². The Balaban J connectivity index is 1.53. The Morgan fingerprint density at radius 1 is 1.29 bits per heavy atom. The standard InChI is InChI=1S/C19H23N3OS/c1-11-17(14-6-5-12-3-2-4-13(12)9-14)21-19(24-11)22-18(23)15-7-8-16(20)10-15/h5-6,9,15-16H,2-4,7-8,10,20H2,1H3,(H,21,22,23). The van der Waals surface area contributed by atoms with Crippen LogP contribution < -0.4 is 11.1 Å². The first-order valence-corrected chi connectivity index (χ1v) is 9.58. The van der Waals surface area contributed by atoms with Crippen molar-refractivity contribution in [1.82, 2.24) is 4.98 Å². The molecule has 1 heterocycles. The number of fused-ring (bicyclic) bond motifs is 1. The van der Waals surface area contributed by atoms with Gasteiger partial charge in [-0.05, 0) is 62.6 Å². The summed E-state index contributed by atoms with van der Waals surface area (Å²) in [6.45, 7) is 2.07. The lowest BCUT2D eigenvalue weighted by molar-refractivity contribution is -0.119. The summed E-state index contributed by atoms with van der Waals surface area (Å²) in [5, 5.41) is 3.70. The molecule has 0 radical (unpaired) electrons. The Hall–Kier alpha value is -1.72. The molecule has 1 fully saturated rings. The number of nitrogens with one attached hydrogen (secondary N) is 1. The topological polar surface area (TPSA) is 68.0 Å².